The number of ketones is 1. The van der Waals surface area contributed by atoms with Crippen LogP contribution in [0.2, 0.25) is 0 Å². The molecule has 0 amide bonds. The quantitative estimate of drug-likeness (QED) is 0.580. The van der Waals surface area contributed by atoms with E-state index < -0.39 is 12.0 Å². The lowest BCUT2D eigenvalue weighted by atomic mass is 10.3. The number of hydrogen-bond acceptors (Lipinski definition) is 3. The van der Waals surface area contributed by atoms with E-state index in [0.29, 0.717) is 6.08 Å². The molecule has 82 valence electrons. The van der Waals surface area contributed by atoms with Crippen molar-refractivity contribution < 1.29 is 27.1 Å². The molecule has 0 saturated carbocycles. The van der Waals surface area contributed by atoms with Gasteiger partial charge in [0.05, 0.1) is 13.4 Å². The lowest BCUT2D eigenvalue weighted by Crippen LogP contribution is -2.20. The first-order chi connectivity index (χ1) is 6.95. The number of methoxy groups -OCH3 is 1. The molecule has 0 bridgehead atoms. The Hall–Kier alpha value is -1.72. The fourth-order valence-corrected chi connectivity index (χ4v) is 0.850. The first-order valence-corrected chi connectivity index (χ1v) is 3.86. The molecule has 1 rings (SSSR count). The molecule has 0 unspecified atom stereocenters. The number of hydrogen-bond donors (Lipinski definition) is 0. The van der Waals surface area contributed by atoms with E-state index in [-0.39, 0.29) is 11.5 Å². The molecular weight excluding hydrogens is 213 g/mol. The Kier molecular flexibility index (Phi) is 3.18. The van der Waals surface area contributed by atoms with Gasteiger partial charge >= 0.3 is 6.18 Å². The minimum atomic E-state index is -4.91. The first kappa shape index (κ1) is 11.4. The van der Waals surface area contributed by atoms with Gasteiger partial charge in [0.25, 0.3) is 5.78 Å². The Morgan fingerprint density at radius 2 is 2.20 bits per heavy atom. The van der Waals surface area contributed by atoms with Gasteiger partial charge in [-0.1, -0.05) is 0 Å². The second-order valence-electron chi connectivity index (χ2n) is 2.55. The smallest absolute Gasteiger partial charge is 0.454 e. The van der Waals surface area contributed by atoms with E-state index in [1.807, 2.05) is 0 Å². The molecule has 0 fully saturated rings. The number of carbonyl (C=O) groups is 1. The third-order valence-electron chi connectivity index (χ3n) is 1.53. The van der Waals surface area contributed by atoms with Crippen LogP contribution in [0.15, 0.2) is 28.9 Å². The summed E-state index contributed by atoms with van der Waals surface area (Å²) in [6.07, 6.45) is -3.30. The van der Waals surface area contributed by atoms with E-state index in [4.69, 9.17) is 4.42 Å². The topological polar surface area (TPSA) is 39.4 Å². The molecule has 15 heavy (non-hydrogen) atoms. The highest BCUT2D eigenvalue weighted by Crippen LogP contribution is 2.21. The van der Waals surface area contributed by atoms with Gasteiger partial charge in [-0.15, -0.1) is 0 Å². The molecule has 1 aromatic heterocycles. The Labute approximate surface area is 83.1 Å². The van der Waals surface area contributed by atoms with Gasteiger partial charge in [0.15, 0.2) is 11.5 Å². The summed E-state index contributed by atoms with van der Waals surface area (Å²) in [5.41, 5.74) is 0. The minimum absolute atomic E-state index is 0.0649. The van der Waals surface area contributed by atoms with Crippen molar-refractivity contribution in [1.29, 1.82) is 0 Å². The van der Waals surface area contributed by atoms with Gasteiger partial charge in [0, 0.05) is 6.08 Å². The summed E-state index contributed by atoms with van der Waals surface area (Å²) in [4.78, 5) is 10.6. The van der Waals surface area contributed by atoms with Crippen LogP contribution in [0.5, 0.6) is 0 Å². The number of furan rings is 1. The molecule has 3 nitrogen and oxygen atoms in total. The third-order valence-corrected chi connectivity index (χ3v) is 1.53. The molecule has 0 aromatic carbocycles. The van der Waals surface area contributed by atoms with Crippen LogP contribution in [-0.4, -0.2) is 19.1 Å². The van der Waals surface area contributed by atoms with Crippen molar-refractivity contribution in [2.75, 3.05) is 7.11 Å². The molecule has 0 aliphatic heterocycles. The van der Waals surface area contributed by atoms with Crippen molar-refractivity contribution in [3.05, 3.63) is 30.2 Å². The largest absolute Gasteiger partial charge is 0.493 e. The minimum Gasteiger partial charge on any atom is -0.493 e. The number of halogens is 3. The van der Waals surface area contributed by atoms with Crippen molar-refractivity contribution in [3.8, 4) is 0 Å². The Morgan fingerprint density at radius 3 is 2.60 bits per heavy atom. The van der Waals surface area contributed by atoms with Gasteiger partial charge in [0.2, 0.25) is 0 Å². The van der Waals surface area contributed by atoms with Crippen LogP contribution in [0, 0.1) is 0 Å². The highest BCUT2D eigenvalue weighted by molar-refractivity contribution is 5.99. The van der Waals surface area contributed by atoms with Crippen molar-refractivity contribution >= 4 is 11.5 Å². The average Bonchev–Trinajstić information content (AvgIpc) is 2.64. The van der Waals surface area contributed by atoms with Crippen molar-refractivity contribution in [3.63, 3.8) is 0 Å². The van der Waals surface area contributed by atoms with Crippen LogP contribution < -0.4 is 0 Å². The molecule has 0 aliphatic carbocycles. The molecule has 0 N–H and O–H groups in total. The van der Waals surface area contributed by atoms with E-state index in [9.17, 15) is 18.0 Å². The number of carbonyl (C=O) groups excluding carboxylic acids is 1. The molecule has 1 heterocycles. The molecule has 0 spiro atoms. The van der Waals surface area contributed by atoms with Gasteiger partial charge in [-0.05, 0) is 12.1 Å². The van der Waals surface area contributed by atoms with Gasteiger partial charge in [-0.25, -0.2) is 0 Å². The van der Waals surface area contributed by atoms with Crippen molar-refractivity contribution in [1.82, 2.24) is 0 Å². The molecule has 1 aromatic rings. The van der Waals surface area contributed by atoms with E-state index in [1.165, 1.54) is 18.4 Å². The summed E-state index contributed by atoms with van der Waals surface area (Å²) in [6.45, 7) is 0. The number of alkyl halides is 3. The summed E-state index contributed by atoms with van der Waals surface area (Å²) in [7, 11) is 1.15. The van der Waals surface area contributed by atoms with E-state index in [1.54, 1.807) is 0 Å². The fraction of sp³-hybridized carbons (Fsp3) is 0.222. The monoisotopic (exact) mass is 220 g/mol. The van der Waals surface area contributed by atoms with Crippen molar-refractivity contribution in [2.24, 2.45) is 0 Å². The maximum atomic E-state index is 11.9. The van der Waals surface area contributed by atoms with Gasteiger partial charge < -0.3 is 9.15 Å². The van der Waals surface area contributed by atoms with Gasteiger partial charge in [-0.2, -0.15) is 13.2 Å². The highest BCUT2D eigenvalue weighted by Gasteiger charge is 2.37. The molecule has 0 saturated heterocycles. The molecular formula is C9H7F3O3. The van der Waals surface area contributed by atoms with Crippen LogP contribution >= 0.6 is 0 Å². The van der Waals surface area contributed by atoms with Crippen LogP contribution in [0.4, 0.5) is 13.2 Å². The number of allylic oxidation sites excluding steroid dienone is 1. The SMILES string of the molecule is CO/C(=C\C(=O)C(F)(F)F)c1ccco1. The van der Waals surface area contributed by atoms with Crippen LogP contribution in [-0.2, 0) is 9.53 Å². The maximum absolute atomic E-state index is 11.9. The van der Waals surface area contributed by atoms with E-state index in [2.05, 4.69) is 4.74 Å². The predicted octanol–water partition coefficient (Wildman–Crippen LogP) is 2.40. The Morgan fingerprint density at radius 1 is 1.53 bits per heavy atom. The predicted molar refractivity (Wildman–Crippen MR) is 44.8 cm³/mol. The fourth-order valence-electron chi connectivity index (χ4n) is 0.850. The normalized spacial score (nSPS) is 12.7. The number of rotatable bonds is 3. The molecule has 0 radical (unpaired) electrons. The first-order valence-electron chi connectivity index (χ1n) is 3.86. The molecule has 0 aliphatic rings. The standard InChI is InChI=1S/C9H7F3O3/c1-14-7(6-3-2-4-15-6)5-8(13)9(10,11)12/h2-5H,1H3/b7-5-. The lowest BCUT2D eigenvalue weighted by molar-refractivity contribution is -0.165. The highest BCUT2D eigenvalue weighted by atomic mass is 19.4. The van der Waals surface area contributed by atoms with Crippen molar-refractivity contribution in [2.45, 2.75) is 6.18 Å². The zero-order valence-electron chi connectivity index (χ0n) is 7.67. The van der Waals surface area contributed by atoms with E-state index in [0.717, 1.165) is 7.11 Å². The zero-order valence-corrected chi connectivity index (χ0v) is 7.67. The van der Waals surface area contributed by atoms with Crippen LogP contribution in [0.25, 0.3) is 5.76 Å². The van der Waals surface area contributed by atoms with Crippen LogP contribution in [0.3, 0.4) is 0 Å². The summed E-state index contributed by atoms with van der Waals surface area (Å²) in [6, 6.07) is 2.86. The second-order valence-corrected chi connectivity index (χ2v) is 2.55. The van der Waals surface area contributed by atoms with E-state index >= 15 is 0 Å². The molecule has 6 heteroatoms. The lowest BCUT2D eigenvalue weighted by Gasteiger charge is -2.04. The second kappa shape index (κ2) is 4.20. The summed E-state index contributed by atoms with van der Waals surface area (Å²) >= 11 is 0. The Bertz CT molecular complexity index is 362. The van der Waals surface area contributed by atoms with Crippen LogP contribution in [0.1, 0.15) is 5.76 Å². The third kappa shape index (κ3) is 2.87. The Balaban J connectivity index is 2.94. The van der Waals surface area contributed by atoms with Gasteiger partial charge in [-0.3, -0.25) is 4.79 Å². The molecule has 0 atom stereocenters. The number of ether oxygens (including phenoxy) is 1. The van der Waals surface area contributed by atoms with Gasteiger partial charge in [0.1, 0.15) is 0 Å². The summed E-state index contributed by atoms with van der Waals surface area (Å²) in [5.74, 6) is -2.19. The summed E-state index contributed by atoms with van der Waals surface area (Å²) in [5, 5.41) is 0. The summed E-state index contributed by atoms with van der Waals surface area (Å²) < 4.78 is 45.1. The maximum Gasteiger partial charge on any atom is 0.454 e. The average molecular weight is 220 g/mol. The zero-order chi connectivity index (χ0) is 11.5.